The van der Waals surface area contributed by atoms with Crippen LogP contribution in [-0.4, -0.2) is 47.2 Å². The molecule has 0 bridgehead atoms. The smallest absolute Gasteiger partial charge is 0.356 e. The van der Waals surface area contributed by atoms with Gasteiger partial charge in [0, 0.05) is 26.7 Å². The van der Waals surface area contributed by atoms with Gasteiger partial charge in [-0.1, -0.05) is 18.2 Å². The number of rotatable bonds is 7. The van der Waals surface area contributed by atoms with Crippen molar-refractivity contribution in [3.8, 4) is 0 Å². The predicted molar refractivity (Wildman–Crippen MR) is 81.7 cm³/mol. The Bertz CT molecular complexity index is 603. The molecule has 0 saturated heterocycles. The van der Waals surface area contributed by atoms with Crippen LogP contribution >= 0.6 is 0 Å². The highest BCUT2D eigenvalue weighted by Gasteiger charge is 2.26. The van der Waals surface area contributed by atoms with E-state index in [1.807, 2.05) is 0 Å². The van der Waals surface area contributed by atoms with Crippen molar-refractivity contribution in [1.82, 2.24) is 15.4 Å². The first-order chi connectivity index (χ1) is 10.7. The topological polar surface area (TPSA) is 82.6 Å². The number of guanidine groups is 1. The van der Waals surface area contributed by atoms with Crippen LogP contribution in [0.1, 0.15) is 6.42 Å². The van der Waals surface area contributed by atoms with Crippen molar-refractivity contribution >= 4 is 16.0 Å². The van der Waals surface area contributed by atoms with E-state index in [0.29, 0.717) is 0 Å². The first-order valence-electron chi connectivity index (χ1n) is 6.80. The number of hydrogen-bond acceptors (Lipinski definition) is 3. The highest BCUT2D eigenvalue weighted by Crippen LogP contribution is 2.17. The summed E-state index contributed by atoms with van der Waals surface area (Å²) in [6, 6.07) is 7.86. The Kier molecular flexibility index (Phi) is 7.30. The summed E-state index contributed by atoms with van der Waals surface area (Å²) in [5, 5.41) is 5.22. The fourth-order valence-corrected chi connectivity index (χ4v) is 2.65. The lowest BCUT2D eigenvalue weighted by Crippen LogP contribution is -2.42. The van der Waals surface area contributed by atoms with Crippen molar-refractivity contribution in [2.45, 2.75) is 17.5 Å². The molecule has 1 rings (SSSR count). The van der Waals surface area contributed by atoms with Crippen LogP contribution in [0.3, 0.4) is 0 Å². The van der Waals surface area contributed by atoms with Crippen LogP contribution in [0.4, 0.5) is 13.2 Å². The van der Waals surface area contributed by atoms with Crippen LogP contribution in [0.25, 0.3) is 0 Å². The van der Waals surface area contributed by atoms with Gasteiger partial charge in [0.1, 0.15) is 0 Å². The highest BCUT2D eigenvalue weighted by atomic mass is 32.2. The third-order valence-corrected chi connectivity index (χ3v) is 4.16. The second-order valence-corrected chi connectivity index (χ2v) is 6.27. The summed E-state index contributed by atoms with van der Waals surface area (Å²) in [6.07, 6.45) is -5.22. The molecular weight excluding hydrogens is 333 g/mol. The number of hydrogen-bond donors (Lipinski definition) is 3. The predicted octanol–water partition coefficient (Wildman–Crippen LogP) is 1.08. The number of nitrogens with one attached hydrogen (secondary N) is 3. The largest absolute Gasteiger partial charge is 0.390 e. The van der Waals surface area contributed by atoms with Crippen LogP contribution in [-0.2, 0) is 10.0 Å². The van der Waals surface area contributed by atoms with E-state index in [2.05, 4.69) is 20.3 Å². The summed E-state index contributed by atoms with van der Waals surface area (Å²) in [7, 11) is -2.19. The number of benzene rings is 1. The molecule has 0 amide bonds. The van der Waals surface area contributed by atoms with E-state index < -0.39 is 22.6 Å². The van der Waals surface area contributed by atoms with E-state index >= 15 is 0 Å². The molecule has 0 aliphatic heterocycles. The van der Waals surface area contributed by atoms with Gasteiger partial charge >= 0.3 is 6.18 Å². The molecule has 6 nitrogen and oxygen atoms in total. The molecule has 0 atom stereocenters. The molecule has 0 radical (unpaired) electrons. The molecule has 3 N–H and O–H groups in total. The molecule has 23 heavy (non-hydrogen) atoms. The van der Waals surface area contributed by atoms with E-state index in [4.69, 9.17) is 0 Å². The number of alkyl halides is 3. The third kappa shape index (κ3) is 7.84. The minimum Gasteiger partial charge on any atom is -0.356 e. The van der Waals surface area contributed by atoms with Crippen LogP contribution in [0, 0.1) is 0 Å². The first-order valence-corrected chi connectivity index (χ1v) is 8.29. The molecule has 0 aliphatic rings. The minimum absolute atomic E-state index is 0.0667. The van der Waals surface area contributed by atoms with Gasteiger partial charge in [0.15, 0.2) is 5.96 Å². The number of nitrogens with zero attached hydrogens (tertiary/aromatic N) is 1. The summed E-state index contributed by atoms with van der Waals surface area (Å²) in [5.74, 6) is 0.174. The molecule has 0 spiro atoms. The minimum atomic E-state index is -4.24. The van der Waals surface area contributed by atoms with Gasteiger partial charge in [-0.2, -0.15) is 13.2 Å². The summed E-state index contributed by atoms with van der Waals surface area (Å²) >= 11 is 0. The summed E-state index contributed by atoms with van der Waals surface area (Å²) < 4.78 is 62.3. The van der Waals surface area contributed by atoms with Crippen molar-refractivity contribution in [2.24, 2.45) is 4.99 Å². The molecule has 0 aliphatic carbocycles. The van der Waals surface area contributed by atoms with Crippen LogP contribution in [0.15, 0.2) is 40.2 Å². The maximum absolute atomic E-state index is 12.0. The van der Waals surface area contributed by atoms with Gasteiger partial charge in [-0.3, -0.25) is 4.99 Å². The fourth-order valence-electron chi connectivity index (χ4n) is 1.59. The summed E-state index contributed by atoms with van der Waals surface area (Å²) in [4.78, 5) is 3.90. The zero-order chi connectivity index (χ0) is 17.3. The molecule has 0 aromatic heterocycles. The quantitative estimate of drug-likeness (QED) is 0.390. The summed E-state index contributed by atoms with van der Waals surface area (Å²) in [5.41, 5.74) is 0. The number of halogens is 3. The molecule has 0 fully saturated rings. The third-order valence-electron chi connectivity index (χ3n) is 2.69. The van der Waals surface area contributed by atoms with Gasteiger partial charge < -0.3 is 10.6 Å². The van der Waals surface area contributed by atoms with Gasteiger partial charge in [-0.15, -0.1) is 0 Å². The van der Waals surface area contributed by atoms with Crippen molar-refractivity contribution in [3.05, 3.63) is 30.3 Å². The monoisotopic (exact) mass is 352 g/mol. The van der Waals surface area contributed by atoms with E-state index in [-0.39, 0.29) is 30.5 Å². The molecule has 0 unspecified atom stereocenters. The maximum Gasteiger partial charge on any atom is 0.390 e. The molecule has 1 aromatic carbocycles. The molecule has 130 valence electrons. The van der Waals surface area contributed by atoms with Crippen LogP contribution in [0.5, 0.6) is 0 Å². The van der Waals surface area contributed by atoms with Gasteiger partial charge in [0.25, 0.3) is 0 Å². The second kappa shape index (κ2) is 8.73. The van der Waals surface area contributed by atoms with Crippen molar-refractivity contribution in [3.63, 3.8) is 0 Å². The van der Waals surface area contributed by atoms with Gasteiger partial charge in [-0.25, -0.2) is 13.1 Å². The van der Waals surface area contributed by atoms with Gasteiger partial charge in [-0.05, 0) is 12.1 Å². The van der Waals surface area contributed by atoms with Crippen molar-refractivity contribution in [2.75, 3.05) is 26.7 Å². The Labute approximate surface area is 133 Å². The van der Waals surface area contributed by atoms with Crippen molar-refractivity contribution < 1.29 is 21.6 Å². The SMILES string of the molecule is CN=C(NCCNS(=O)(=O)c1ccccc1)NCCC(F)(F)F. The number of aliphatic imine (C=N–C) groups is 1. The first kappa shape index (κ1) is 19.2. The van der Waals surface area contributed by atoms with E-state index in [1.165, 1.54) is 19.2 Å². The maximum atomic E-state index is 12.0. The Hall–Kier alpha value is -1.81. The van der Waals surface area contributed by atoms with Crippen LogP contribution in [0.2, 0.25) is 0 Å². The fraction of sp³-hybridized carbons (Fsp3) is 0.462. The average Bonchev–Trinajstić information content (AvgIpc) is 2.49. The normalized spacial score (nSPS) is 13.0. The number of sulfonamides is 1. The van der Waals surface area contributed by atoms with E-state index in [1.54, 1.807) is 18.2 Å². The zero-order valence-electron chi connectivity index (χ0n) is 12.5. The Balaban J connectivity index is 2.33. The van der Waals surface area contributed by atoms with Gasteiger partial charge in [0.2, 0.25) is 10.0 Å². The Morgan fingerprint density at radius 2 is 1.70 bits per heavy atom. The molecule has 0 heterocycles. The molecular formula is C13H19F3N4O2S. The Morgan fingerprint density at radius 1 is 1.09 bits per heavy atom. The molecule has 0 saturated carbocycles. The Morgan fingerprint density at radius 3 is 2.26 bits per heavy atom. The van der Waals surface area contributed by atoms with Crippen molar-refractivity contribution in [1.29, 1.82) is 0 Å². The lowest BCUT2D eigenvalue weighted by atomic mass is 10.4. The zero-order valence-corrected chi connectivity index (χ0v) is 13.3. The van der Waals surface area contributed by atoms with E-state index in [0.717, 1.165) is 0 Å². The lowest BCUT2D eigenvalue weighted by molar-refractivity contribution is -0.132. The average molecular weight is 352 g/mol. The second-order valence-electron chi connectivity index (χ2n) is 4.50. The molecule has 10 heteroatoms. The standard InChI is InChI=1S/C13H19F3N4O2S/c1-17-12(18-8-7-13(14,15)16)19-9-10-20-23(21,22)11-5-3-2-4-6-11/h2-6,20H,7-10H2,1H3,(H2,17,18,19). The lowest BCUT2D eigenvalue weighted by Gasteiger charge is -2.13. The summed E-state index contributed by atoms with van der Waals surface area (Å²) in [6.45, 7) is -0.0616. The molecule has 1 aromatic rings. The van der Waals surface area contributed by atoms with Crippen LogP contribution < -0.4 is 15.4 Å². The van der Waals surface area contributed by atoms with E-state index in [9.17, 15) is 21.6 Å². The van der Waals surface area contributed by atoms with Gasteiger partial charge in [0.05, 0.1) is 11.3 Å². The highest BCUT2D eigenvalue weighted by molar-refractivity contribution is 7.89.